The Balaban J connectivity index is 1.85. The summed E-state index contributed by atoms with van der Waals surface area (Å²) in [6.07, 6.45) is 0.688. The Morgan fingerprint density at radius 2 is 1.61 bits per heavy atom. The minimum absolute atomic E-state index is 0.0343. The first kappa shape index (κ1) is 19.7. The summed E-state index contributed by atoms with van der Waals surface area (Å²) >= 11 is 5.12. The summed E-state index contributed by atoms with van der Waals surface area (Å²) in [4.78, 5) is 10.3. The number of hydrogen-bond acceptors (Lipinski definition) is 7. The number of hydrogen-bond donors (Lipinski definition) is 1. The predicted octanol–water partition coefficient (Wildman–Crippen LogP) is 1.62. The van der Waals surface area contributed by atoms with Gasteiger partial charge in [-0.25, -0.2) is 0 Å². The molecule has 0 spiro atoms. The summed E-state index contributed by atoms with van der Waals surface area (Å²) in [6, 6.07) is 0. The van der Waals surface area contributed by atoms with Gasteiger partial charge in [-0.15, -0.1) is 0 Å². The molecule has 2 aliphatic heterocycles. The topological polar surface area (TPSA) is 75.6 Å². The van der Waals surface area contributed by atoms with Crippen molar-refractivity contribution in [3.8, 4) is 0 Å². The fourth-order valence-corrected chi connectivity index (χ4v) is 4.50. The molecule has 7 atom stereocenters. The molecule has 2 saturated heterocycles. The van der Waals surface area contributed by atoms with Crippen LogP contribution >= 0.6 is 6.72 Å². The molecule has 2 heterocycles. The average molecular weight is 370 g/mol. The normalized spacial score (nSPS) is 40.4. The van der Waals surface area contributed by atoms with Crippen LogP contribution in [-0.4, -0.2) is 69.0 Å². The van der Waals surface area contributed by atoms with Crippen LogP contribution < -0.4 is 0 Å². The largest absolute Gasteiger partial charge is 0.382 e. The van der Waals surface area contributed by atoms with Crippen molar-refractivity contribution < 1.29 is 32.9 Å². The third-order valence-corrected chi connectivity index (χ3v) is 5.66. The lowest BCUT2D eigenvalue weighted by Gasteiger charge is -2.25. The Labute approximate surface area is 142 Å². The predicted molar refractivity (Wildman–Crippen MR) is 87.9 cm³/mol. The molecule has 0 radical (unpaired) electrons. The van der Waals surface area contributed by atoms with E-state index in [0.29, 0.717) is 13.0 Å². The first-order valence-electron chi connectivity index (χ1n) is 7.83. The van der Waals surface area contributed by atoms with E-state index in [-0.39, 0.29) is 43.2 Å². The molecule has 0 bridgehead atoms. The van der Waals surface area contributed by atoms with Gasteiger partial charge < -0.3 is 32.9 Å². The number of rotatable bonds is 8. The Kier molecular flexibility index (Phi) is 7.40. The van der Waals surface area contributed by atoms with Crippen molar-refractivity contribution in [2.45, 2.75) is 63.3 Å². The van der Waals surface area contributed by atoms with E-state index in [2.05, 4.69) is 0 Å². The summed E-state index contributed by atoms with van der Waals surface area (Å²) in [7, 11) is 3.23. The van der Waals surface area contributed by atoms with Crippen molar-refractivity contribution in [3.05, 3.63) is 0 Å². The van der Waals surface area contributed by atoms with Gasteiger partial charge in [0.2, 0.25) is 0 Å². The molecule has 1 N–H and O–H groups in total. The lowest BCUT2D eigenvalue weighted by atomic mass is 10.1. The molecule has 0 aromatic rings. The van der Waals surface area contributed by atoms with Crippen LogP contribution in [0.5, 0.6) is 0 Å². The highest BCUT2D eigenvalue weighted by Gasteiger charge is 2.39. The molecule has 0 aromatic carbocycles. The molecule has 136 valence electrons. The van der Waals surface area contributed by atoms with Crippen LogP contribution in [0.1, 0.15) is 26.7 Å². The van der Waals surface area contributed by atoms with Gasteiger partial charge >= 0.3 is 6.72 Å². The Hall–Kier alpha value is 0.370. The summed E-state index contributed by atoms with van der Waals surface area (Å²) in [5.41, 5.74) is 0. The van der Waals surface area contributed by atoms with Crippen molar-refractivity contribution in [3.63, 3.8) is 0 Å². The zero-order valence-electron chi connectivity index (χ0n) is 14.0. The zero-order valence-corrected chi connectivity index (χ0v) is 15.8. The fourth-order valence-electron chi connectivity index (χ4n) is 3.03. The summed E-state index contributed by atoms with van der Waals surface area (Å²) in [5, 5.41) is 0. The highest BCUT2D eigenvalue weighted by molar-refractivity contribution is 8.07. The molecule has 0 amide bonds. The second-order valence-electron chi connectivity index (χ2n) is 6.08. The molecule has 0 aliphatic carbocycles. The van der Waals surface area contributed by atoms with Gasteiger partial charge in [-0.05, 0) is 25.7 Å². The lowest BCUT2D eigenvalue weighted by Crippen LogP contribution is -2.30. The standard InChI is InChI=1S/C14H27O7PS/c1-9-5-11(17-4)14(20-9)8-18-22(15,23)21-12-6-10(2)19-13(12)7-16-3/h9-14H,5-8H2,1-4H3,(H,15,23)/t9-,10-,11?,12?,13+,14+,22?/m0/s1. The highest BCUT2D eigenvalue weighted by Crippen LogP contribution is 2.48. The van der Waals surface area contributed by atoms with Gasteiger partial charge in [0.05, 0.1) is 37.6 Å². The Morgan fingerprint density at radius 1 is 1.04 bits per heavy atom. The molecule has 23 heavy (non-hydrogen) atoms. The maximum absolute atomic E-state index is 10.3. The molecule has 3 unspecified atom stereocenters. The first-order chi connectivity index (χ1) is 10.8. The molecule has 0 saturated carbocycles. The average Bonchev–Trinajstić information content (AvgIpc) is 2.99. The summed E-state index contributed by atoms with van der Waals surface area (Å²) < 4.78 is 33.0. The van der Waals surface area contributed by atoms with Crippen LogP contribution in [0.15, 0.2) is 0 Å². The smallest absolute Gasteiger partial charge is 0.324 e. The minimum atomic E-state index is -3.38. The van der Waals surface area contributed by atoms with E-state index in [1.54, 1.807) is 14.2 Å². The fraction of sp³-hybridized carbons (Fsp3) is 1.00. The van der Waals surface area contributed by atoms with Gasteiger partial charge in [0, 0.05) is 27.1 Å². The van der Waals surface area contributed by atoms with Crippen LogP contribution in [0.4, 0.5) is 0 Å². The van der Waals surface area contributed by atoms with Crippen LogP contribution in [0.2, 0.25) is 0 Å². The SMILES string of the molecule is COC[C@H]1O[C@@H](C)CC1OP(O)(=S)OC[C@H]1O[C@@H](C)CC1OC. The second-order valence-corrected chi connectivity index (χ2v) is 8.87. The van der Waals surface area contributed by atoms with Crippen molar-refractivity contribution in [2.24, 2.45) is 0 Å². The summed E-state index contributed by atoms with van der Waals surface area (Å²) in [5.74, 6) is 0. The van der Waals surface area contributed by atoms with Crippen molar-refractivity contribution in [1.82, 2.24) is 0 Å². The van der Waals surface area contributed by atoms with Crippen LogP contribution in [0, 0.1) is 0 Å². The van der Waals surface area contributed by atoms with Crippen LogP contribution in [0.3, 0.4) is 0 Å². The molecule has 2 rings (SSSR count). The van der Waals surface area contributed by atoms with Gasteiger partial charge in [-0.3, -0.25) is 0 Å². The molecule has 2 aliphatic rings. The van der Waals surface area contributed by atoms with Gasteiger partial charge in [0.15, 0.2) is 0 Å². The van der Waals surface area contributed by atoms with Crippen molar-refractivity contribution in [2.75, 3.05) is 27.4 Å². The van der Waals surface area contributed by atoms with Gasteiger partial charge in [-0.1, -0.05) is 0 Å². The zero-order chi connectivity index (χ0) is 17.0. The van der Waals surface area contributed by atoms with Crippen LogP contribution in [-0.2, 0) is 39.8 Å². The van der Waals surface area contributed by atoms with E-state index in [9.17, 15) is 4.89 Å². The molecular weight excluding hydrogens is 343 g/mol. The van der Waals surface area contributed by atoms with Crippen LogP contribution in [0.25, 0.3) is 0 Å². The van der Waals surface area contributed by atoms with E-state index in [1.807, 2.05) is 13.8 Å². The van der Waals surface area contributed by atoms with E-state index >= 15 is 0 Å². The maximum atomic E-state index is 10.3. The van der Waals surface area contributed by atoms with E-state index in [0.717, 1.165) is 6.42 Å². The number of ether oxygens (including phenoxy) is 4. The Bertz CT molecular complexity index is 424. The second kappa shape index (κ2) is 8.65. The quantitative estimate of drug-likeness (QED) is 0.646. The van der Waals surface area contributed by atoms with E-state index < -0.39 is 6.72 Å². The third kappa shape index (κ3) is 5.70. The molecule has 7 nitrogen and oxygen atoms in total. The first-order valence-corrected chi connectivity index (χ1v) is 10.4. The van der Waals surface area contributed by atoms with Gasteiger partial charge in [-0.2, -0.15) is 0 Å². The van der Waals surface area contributed by atoms with Crippen molar-refractivity contribution in [1.29, 1.82) is 0 Å². The highest BCUT2D eigenvalue weighted by atomic mass is 32.5. The molecule has 9 heteroatoms. The minimum Gasteiger partial charge on any atom is -0.382 e. The van der Waals surface area contributed by atoms with E-state index in [1.165, 1.54) is 0 Å². The molecule has 2 fully saturated rings. The number of methoxy groups -OCH3 is 2. The summed E-state index contributed by atoms with van der Waals surface area (Å²) in [6.45, 7) is 1.08. The molecular formula is C14H27O7PS. The maximum Gasteiger partial charge on any atom is 0.324 e. The van der Waals surface area contributed by atoms with Gasteiger partial charge in [0.25, 0.3) is 0 Å². The third-order valence-electron chi connectivity index (χ3n) is 4.08. The van der Waals surface area contributed by atoms with E-state index in [4.69, 9.17) is 39.8 Å². The van der Waals surface area contributed by atoms with Gasteiger partial charge in [0.1, 0.15) is 12.2 Å². The van der Waals surface area contributed by atoms with Crippen molar-refractivity contribution >= 4 is 18.5 Å². The lowest BCUT2D eigenvalue weighted by molar-refractivity contribution is -0.0392. The molecule has 0 aromatic heterocycles. The Morgan fingerprint density at radius 3 is 2.17 bits per heavy atom. The monoisotopic (exact) mass is 370 g/mol.